The minimum absolute atomic E-state index is 0.00151. The Morgan fingerprint density at radius 2 is 2.09 bits per heavy atom. The van der Waals surface area contributed by atoms with Crippen LogP contribution in [0.3, 0.4) is 0 Å². The number of aromatic nitrogens is 1. The Hall–Kier alpha value is -2.17. The molecule has 0 radical (unpaired) electrons. The molecule has 1 amide bonds. The van der Waals surface area contributed by atoms with Gasteiger partial charge in [-0.2, -0.15) is 0 Å². The molecule has 1 aliphatic rings. The first-order chi connectivity index (χ1) is 10.8. The van der Waals surface area contributed by atoms with E-state index in [2.05, 4.69) is 16.4 Å². The molecule has 23 heavy (non-hydrogen) atoms. The normalized spacial score (nSPS) is 16.2. The van der Waals surface area contributed by atoms with Gasteiger partial charge in [0.15, 0.2) is 0 Å². The van der Waals surface area contributed by atoms with Crippen molar-refractivity contribution in [1.82, 2.24) is 10.3 Å². The molecule has 1 aliphatic carbocycles. The van der Waals surface area contributed by atoms with Crippen molar-refractivity contribution in [2.24, 2.45) is 0 Å². The third-order valence-electron chi connectivity index (χ3n) is 4.28. The number of fused-ring (bicyclic) bond motifs is 1. The van der Waals surface area contributed by atoms with Crippen molar-refractivity contribution >= 4 is 17.0 Å². The Morgan fingerprint density at radius 3 is 2.70 bits per heavy atom. The van der Waals surface area contributed by atoms with Crippen LogP contribution in [0.15, 0.2) is 24.4 Å². The Kier molecular flexibility index (Phi) is 3.74. The summed E-state index contributed by atoms with van der Waals surface area (Å²) in [6.45, 7) is 6.19. The molecule has 1 aromatic heterocycles. The zero-order valence-corrected chi connectivity index (χ0v) is 14.2. The van der Waals surface area contributed by atoms with Crippen molar-refractivity contribution in [2.75, 3.05) is 13.7 Å². The molecule has 2 N–H and O–H groups in total. The van der Waals surface area contributed by atoms with E-state index in [9.17, 15) is 4.79 Å². The lowest BCUT2D eigenvalue weighted by atomic mass is 9.95. The molecule has 1 heterocycles. The van der Waals surface area contributed by atoms with Gasteiger partial charge in [-0.05, 0) is 57.4 Å². The van der Waals surface area contributed by atoms with E-state index in [1.807, 2.05) is 39.1 Å². The SMILES string of the molecule is COc1ccc2[nH]cc(C3(CNC(=O)OC(C)(C)C)CC3)c2c1. The van der Waals surface area contributed by atoms with Gasteiger partial charge in [0.25, 0.3) is 0 Å². The number of carbonyl (C=O) groups excluding carboxylic acids is 1. The summed E-state index contributed by atoms with van der Waals surface area (Å²) < 4.78 is 10.7. The number of alkyl carbamates (subject to hydrolysis) is 1. The predicted molar refractivity (Wildman–Crippen MR) is 90.0 cm³/mol. The van der Waals surface area contributed by atoms with Crippen molar-refractivity contribution in [3.8, 4) is 5.75 Å². The van der Waals surface area contributed by atoms with Gasteiger partial charge in [-0.3, -0.25) is 0 Å². The van der Waals surface area contributed by atoms with E-state index in [0.29, 0.717) is 6.54 Å². The summed E-state index contributed by atoms with van der Waals surface area (Å²) in [4.78, 5) is 15.2. The lowest BCUT2D eigenvalue weighted by molar-refractivity contribution is 0.0522. The standard InChI is InChI=1S/C18H24N2O3/c1-17(2,3)23-16(21)20-11-18(7-8-18)14-10-19-15-6-5-12(22-4)9-13(14)15/h5-6,9-10,19H,7-8,11H2,1-4H3,(H,20,21). The Balaban J connectivity index is 1.77. The smallest absolute Gasteiger partial charge is 0.407 e. The molecule has 0 bridgehead atoms. The van der Waals surface area contributed by atoms with E-state index in [4.69, 9.17) is 9.47 Å². The number of carbonyl (C=O) groups is 1. The summed E-state index contributed by atoms with van der Waals surface area (Å²) in [5, 5.41) is 4.08. The molecule has 3 rings (SSSR count). The van der Waals surface area contributed by atoms with Gasteiger partial charge in [0, 0.05) is 29.1 Å². The van der Waals surface area contributed by atoms with Crippen molar-refractivity contribution in [3.05, 3.63) is 30.0 Å². The molecular formula is C18H24N2O3. The van der Waals surface area contributed by atoms with Gasteiger partial charge in [0.05, 0.1) is 7.11 Å². The molecule has 0 atom stereocenters. The van der Waals surface area contributed by atoms with Crippen LogP contribution < -0.4 is 10.1 Å². The maximum Gasteiger partial charge on any atom is 0.407 e. The highest BCUT2D eigenvalue weighted by Crippen LogP contribution is 2.50. The molecule has 1 saturated carbocycles. The van der Waals surface area contributed by atoms with Crippen molar-refractivity contribution in [3.63, 3.8) is 0 Å². The van der Waals surface area contributed by atoms with E-state index in [0.717, 1.165) is 29.5 Å². The molecule has 0 aliphatic heterocycles. The molecule has 124 valence electrons. The van der Waals surface area contributed by atoms with Crippen molar-refractivity contribution in [2.45, 2.75) is 44.6 Å². The van der Waals surface area contributed by atoms with Crippen LogP contribution in [0.2, 0.25) is 0 Å². The van der Waals surface area contributed by atoms with Gasteiger partial charge in [-0.1, -0.05) is 0 Å². The highest BCUT2D eigenvalue weighted by Gasteiger charge is 2.46. The lowest BCUT2D eigenvalue weighted by Crippen LogP contribution is -2.36. The third kappa shape index (κ3) is 3.28. The van der Waals surface area contributed by atoms with E-state index in [1.54, 1.807) is 7.11 Å². The molecule has 0 spiro atoms. The van der Waals surface area contributed by atoms with Gasteiger partial charge >= 0.3 is 6.09 Å². The summed E-state index contributed by atoms with van der Waals surface area (Å²) in [6.07, 6.45) is 3.81. The first kappa shape index (κ1) is 15.7. The number of ether oxygens (including phenoxy) is 2. The number of hydrogen-bond donors (Lipinski definition) is 2. The quantitative estimate of drug-likeness (QED) is 0.903. The highest BCUT2D eigenvalue weighted by atomic mass is 16.6. The van der Waals surface area contributed by atoms with Crippen LogP contribution in [0.25, 0.3) is 10.9 Å². The number of H-pyrrole nitrogens is 1. The zero-order valence-electron chi connectivity index (χ0n) is 14.2. The highest BCUT2D eigenvalue weighted by molar-refractivity contribution is 5.86. The molecule has 1 aromatic carbocycles. The number of benzene rings is 1. The van der Waals surface area contributed by atoms with Gasteiger partial charge in [0.2, 0.25) is 0 Å². The van der Waals surface area contributed by atoms with Gasteiger partial charge in [0.1, 0.15) is 11.4 Å². The Bertz CT molecular complexity index is 723. The fourth-order valence-corrected chi connectivity index (χ4v) is 2.91. The van der Waals surface area contributed by atoms with Crippen LogP contribution >= 0.6 is 0 Å². The minimum atomic E-state index is -0.477. The van der Waals surface area contributed by atoms with Gasteiger partial charge in [-0.15, -0.1) is 0 Å². The maximum absolute atomic E-state index is 11.9. The second-order valence-corrected chi connectivity index (χ2v) is 7.25. The van der Waals surface area contributed by atoms with Crippen molar-refractivity contribution < 1.29 is 14.3 Å². The van der Waals surface area contributed by atoms with E-state index < -0.39 is 5.60 Å². The summed E-state index contributed by atoms with van der Waals surface area (Å²) >= 11 is 0. The Morgan fingerprint density at radius 1 is 1.35 bits per heavy atom. The number of hydrogen-bond acceptors (Lipinski definition) is 3. The van der Waals surface area contributed by atoms with E-state index in [1.165, 1.54) is 5.56 Å². The van der Waals surface area contributed by atoms with Crippen LogP contribution in [0, 0.1) is 0 Å². The molecule has 0 saturated heterocycles. The first-order valence-electron chi connectivity index (χ1n) is 7.95. The summed E-state index contributed by atoms with van der Waals surface area (Å²) in [5.74, 6) is 0.842. The number of rotatable bonds is 4. The maximum atomic E-state index is 11.9. The molecule has 2 aromatic rings. The van der Waals surface area contributed by atoms with Crippen LogP contribution in [0.4, 0.5) is 4.79 Å². The van der Waals surface area contributed by atoms with Crippen LogP contribution in [0.1, 0.15) is 39.2 Å². The van der Waals surface area contributed by atoms with Gasteiger partial charge in [-0.25, -0.2) is 4.79 Å². The summed E-state index contributed by atoms with van der Waals surface area (Å²) in [6, 6.07) is 6.02. The average molecular weight is 316 g/mol. The first-order valence-corrected chi connectivity index (χ1v) is 7.95. The predicted octanol–water partition coefficient (Wildman–Crippen LogP) is 3.73. The number of aromatic amines is 1. The van der Waals surface area contributed by atoms with Crippen LogP contribution in [-0.2, 0) is 10.2 Å². The minimum Gasteiger partial charge on any atom is -0.497 e. The second-order valence-electron chi connectivity index (χ2n) is 7.25. The van der Waals surface area contributed by atoms with Crippen LogP contribution in [0.5, 0.6) is 5.75 Å². The second kappa shape index (κ2) is 5.48. The summed E-state index contributed by atoms with van der Waals surface area (Å²) in [5.41, 5.74) is 1.85. The van der Waals surface area contributed by atoms with Gasteiger partial charge < -0.3 is 19.8 Å². The van der Waals surface area contributed by atoms with Crippen molar-refractivity contribution in [1.29, 1.82) is 0 Å². The average Bonchev–Trinajstić information content (AvgIpc) is 3.14. The molecule has 5 heteroatoms. The largest absolute Gasteiger partial charge is 0.497 e. The number of amides is 1. The fraction of sp³-hybridized carbons (Fsp3) is 0.500. The lowest BCUT2D eigenvalue weighted by Gasteiger charge is -2.21. The number of nitrogens with one attached hydrogen (secondary N) is 2. The molecule has 1 fully saturated rings. The topological polar surface area (TPSA) is 63.3 Å². The third-order valence-corrected chi connectivity index (χ3v) is 4.28. The van der Waals surface area contributed by atoms with Crippen LogP contribution in [-0.4, -0.2) is 30.3 Å². The zero-order chi connectivity index (χ0) is 16.7. The number of methoxy groups -OCH3 is 1. The molecule has 0 unspecified atom stereocenters. The molecular weight excluding hydrogens is 292 g/mol. The molecule has 5 nitrogen and oxygen atoms in total. The summed E-state index contributed by atoms with van der Waals surface area (Å²) in [7, 11) is 1.67. The van der Waals surface area contributed by atoms with E-state index in [-0.39, 0.29) is 11.5 Å². The monoisotopic (exact) mass is 316 g/mol. The fourth-order valence-electron chi connectivity index (χ4n) is 2.91. The van der Waals surface area contributed by atoms with E-state index >= 15 is 0 Å². The Labute approximate surface area is 136 Å².